The van der Waals surface area contributed by atoms with Crippen LogP contribution in [0.3, 0.4) is 0 Å². The van der Waals surface area contributed by atoms with E-state index in [0.29, 0.717) is 0 Å². The van der Waals surface area contributed by atoms with Gasteiger partial charge in [0.2, 0.25) is 0 Å². The summed E-state index contributed by atoms with van der Waals surface area (Å²) < 4.78 is 17.6. The Morgan fingerprint density at radius 3 is 2.10 bits per heavy atom. The molecule has 0 unspecified atom stereocenters. The number of nitrogens with zero attached hydrogens (tertiary/aromatic N) is 5. The monoisotopic (exact) mass is 974 g/mol. The van der Waals surface area contributed by atoms with Crippen LogP contribution >= 0.6 is 0 Å². The van der Waals surface area contributed by atoms with E-state index in [1.807, 2.05) is 60.8 Å². The first-order valence-electron chi connectivity index (χ1n) is 20.4. The van der Waals surface area contributed by atoms with E-state index in [2.05, 4.69) is 130 Å². The largest absolute Gasteiger partial charge is 2.00 e. The van der Waals surface area contributed by atoms with Crippen molar-refractivity contribution in [2.75, 3.05) is 0 Å². The van der Waals surface area contributed by atoms with Crippen molar-refractivity contribution in [2.24, 2.45) is 0 Å². The second-order valence-electron chi connectivity index (χ2n) is 15.7. The van der Waals surface area contributed by atoms with E-state index in [1.165, 1.54) is 0 Å². The molecule has 6 aromatic heterocycles. The van der Waals surface area contributed by atoms with Crippen LogP contribution in [0.25, 0.3) is 133 Å². The third-order valence-corrected chi connectivity index (χ3v) is 12.3. The van der Waals surface area contributed by atoms with Crippen molar-refractivity contribution in [3.05, 3.63) is 182 Å². The Hall–Kier alpha value is -7.73. The van der Waals surface area contributed by atoms with Crippen molar-refractivity contribution in [1.29, 1.82) is 0 Å². The minimum Gasteiger partial charge on any atom is -0.656 e. The second kappa shape index (κ2) is 13.1. The maximum absolute atomic E-state index is 6.73. The van der Waals surface area contributed by atoms with Crippen LogP contribution < -0.4 is 4.98 Å². The van der Waals surface area contributed by atoms with Gasteiger partial charge in [-0.25, -0.2) is 9.97 Å². The summed E-state index contributed by atoms with van der Waals surface area (Å²) in [4.78, 5) is 15.9. The molecule has 0 fully saturated rings. The number of aromatic nitrogens is 5. The summed E-state index contributed by atoms with van der Waals surface area (Å²) in [7, 11) is 0. The molecule has 14 aromatic rings. The van der Waals surface area contributed by atoms with Crippen LogP contribution in [-0.4, -0.2) is 19.1 Å². The zero-order chi connectivity index (χ0) is 39.8. The number of pyridine rings is 1. The minimum absolute atomic E-state index is 0. The predicted octanol–water partition coefficient (Wildman–Crippen LogP) is 13.7. The fraction of sp³-hybridized carbons (Fsp3) is 0. The maximum Gasteiger partial charge on any atom is 2.00 e. The first-order chi connectivity index (χ1) is 30.2. The van der Waals surface area contributed by atoms with Crippen LogP contribution in [0, 0.1) is 6.07 Å². The quantitative estimate of drug-likeness (QED) is 0.164. The van der Waals surface area contributed by atoms with Crippen molar-refractivity contribution >= 4 is 98.5 Å². The molecule has 0 radical (unpaired) electrons. The fourth-order valence-corrected chi connectivity index (χ4v) is 9.67. The molecule has 0 bridgehead atoms. The fourth-order valence-electron chi connectivity index (χ4n) is 9.67. The van der Waals surface area contributed by atoms with Crippen molar-refractivity contribution < 1.29 is 29.9 Å². The minimum atomic E-state index is 0. The number of hydrogen-bond donors (Lipinski definition) is 0. The van der Waals surface area contributed by atoms with E-state index in [0.717, 1.165) is 133 Å². The van der Waals surface area contributed by atoms with Gasteiger partial charge in [0, 0.05) is 49.9 Å². The van der Waals surface area contributed by atoms with Gasteiger partial charge in [-0.05, 0) is 77.0 Å². The molecular formula is C54H29N5O2Pt. The molecule has 8 aromatic carbocycles. The van der Waals surface area contributed by atoms with Gasteiger partial charge in [-0.2, -0.15) is 0 Å². The van der Waals surface area contributed by atoms with Crippen LogP contribution in [0.15, 0.2) is 185 Å². The van der Waals surface area contributed by atoms with Gasteiger partial charge in [0.15, 0.2) is 0 Å². The predicted molar refractivity (Wildman–Crippen MR) is 246 cm³/mol. The molecule has 0 saturated heterocycles. The molecule has 62 heavy (non-hydrogen) atoms. The van der Waals surface area contributed by atoms with E-state index in [1.54, 1.807) is 0 Å². The average Bonchev–Trinajstić information content (AvgIpc) is 4.13. The topological polar surface area (TPSA) is 76.0 Å². The molecule has 0 atom stereocenters. The Labute approximate surface area is 366 Å². The van der Waals surface area contributed by atoms with Crippen molar-refractivity contribution in [3.8, 4) is 34.0 Å². The number of furan rings is 2. The first kappa shape index (κ1) is 35.1. The average molecular weight is 975 g/mol. The number of rotatable bonds is 4. The maximum atomic E-state index is 6.73. The normalized spacial score (nSPS) is 12.1. The van der Waals surface area contributed by atoms with Gasteiger partial charge in [0.1, 0.15) is 34.0 Å². The molecule has 0 N–H and O–H groups in total. The number of hydrogen-bond acceptors (Lipinski definition) is 4. The van der Waals surface area contributed by atoms with Gasteiger partial charge in [-0.3, -0.25) is 4.57 Å². The van der Waals surface area contributed by atoms with Gasteiger partial charge in [0.05, 0.1) is 11.0 Å². The third kappa shape index (κ3) is 4.85. The van der Waals surface area contributed by atoms with E-state index in [9.17, 15) is 0 Å². The van der Waals surface area contributed by atoms with Crippen LogP contribution in [0.5, 0.6) is 0 Å². The summed E-state index contributed by atoms with van der Waals surface area (Å²) in [5.74, 6) is 1.63. The molecule has 0 spiro atoms. The van der Waals surface area contributed by atoms with Gasteiger partial charge >= 0.3 is 21.1 Å². The van der Waals surface area contributed by atoms with Gasteiger partial charge < -0.3 is 18.4 Å². The summed E-state index contributed by atoms with van der Waals surface area (Å²) >= 11 is 0. The van der Waals surface area contributed by atoms with Crippen LogP contribution in [0.1, 0.15) is 0 Å². The molecule has 6 heterocycles. The molecule has 292 valence electrons. The number of benzene rings is 8. The van der Waals surface area contributed by atoms with E-state index >= 15 is 0 Å². The van der Waals surface area contributed by atoms with Crippen molar-refractivity contribution in [2.45, 2.75) is 0 Å². The van der Waals surface area contributed by atoms with Gasteiger partial charge in [-0.15, -0.1) is 34.8 Å². The van der Waals surface area contributed by atoms with Crippen LogP contribution in [0.4, 0.5) is 0 Å². The Kier molecular flexibility index (Phi) is 7.43. The summed E-state index contributed by atoms with van der Waals surface area (Å²) in [6.07, 6.45) is 1.84. The smallest absolute Gasteiger partial charge is 0.656 e. The summed E-state index contributed by atoms with van der Waals surface area (Å²) in [5, 5.41) is 8.32. The zero-order valence-corrected chi connectivity index (χ0v) is 34.9. The molecule has 0 amide bonds. The molecular weight excluding hydrogens is 946 g/mol. The van der Waals surface area contributed by atoms with E-state index < -0.39 is 0 Å². The summed E-state index contributed by atoms with van der Waals surface area (Å²) in [6, 6.07) is 62.5. The number of imidazole rings is 1. The first-order valence-corrected chi connectivity index (χ1v) is 20.4. The number of fused-ring (bicyclic) bond motifs is 14. The van der Waals surface area contributed by atoms with Gasteiger partial charge in [-0.1, -0.05) is 108 Å². The van der Waals surface area contributed by atoms with Crippen LogP contribution in [0.2, 0.25) is 0 Å². The standard InChI is InChI=1S/C54H29N5O2.Pt/c1-2-13-32(14-3-1)58-44-20-12-18-33(31-24-25-35-34-15-4-7-19-43(34)59(45(35)27-31)49-23-10-11-26-55-49)51(44)57-54(58)41-28-39-37-17-6-9-22-47(37)61-53(39)50-40-30-48-38(29-42(40)56-52(41)50)36-16-5-8-21-46(36)60-48;/h1-26,28-30H;/q-2;+2. The van der Waals surface area contributed by atoms with Gasteiger partial charge in [0.25, 0.3) is 0 Å². The zero-order valence-electron chi connectivity index (χ0n) is 32.6. The summed E-state index contributed by atoms with van der Waals surface area (Å²) in [5.41, 5.74) is 12.7. The molecule has 0 aliphatic carbocycles. The molecule has 14 rings (SSSR count). The van der Waals surface area contributed by atoms with Crippen molar-refractivity contribution in [3.63, 3.8) is 0 Å². The Morgan fingerprint density at radius 1 is 0.516 bits per heavy atom. The second-order valence-corrected chi connectivity index (χ2v) is 15.7. The molecule has 8 heteroatoms. The van der Waals surface area contributed by atoms with Crippen LogP contribution in [-0.2, 0) is 21.1 Å². The van der Waals surface area contributed by atoms with E-state index in [4.69, 9.17) is 23.8 Å². The SMILES string of the molecule is [Pt+2].[c-]1c(-c2cccc3c2nc(-c2cc4c5ccccc5oc4c4c2[n-]c2cc5c(cc24)oc2ccccc25)n3-c2ccccc2)ccc2c3ccccc3n(-c3ccccn3)c12. The summed E-state index contributed by atoms with van der Waals surface area (Å²) in [6.45, 7) is 0. The Morgan fingerprint density at radius 2 is 1.26 bits per heavy atom. The molecule has 7 nitrogen and oxygen atoms in total. The number of para-hydroxylation sites is 5. The van der Waals surface area contributed by atoms with Crippen molar-refractivity contribution in [1.82, 2.24) is 24.1 Å². The third-order valence-electron chi connectivity index (χ3n) is 12.3. The molecule has 0 aliphatic rings. The molecule has 0 aliphatic heterocycles. The van der Waals surface area contributed by atoms with E-state index in [-0.39, 0.29) is 21.1 Å². The Bertz CT molecular complexity index is 4120. The molecule has 0 saturated carbocycles. The Balaban J connectivity index is 0.00000391.